The molecule has 0 spiro atoms. The van der Waals surface area contributed by atoms with Crippen molar-refractivity contribution in [1.29, 1.82) is 0 Å². The molecule has 0 heterocycles. The maximum Gasteiger partial charge on any atom is 0.321 e. The van der Waals surface area contributed by atoms with Crippen LogP contribution in [0.3, 0.4) is 0 Å². The quantitative estimate of drug-likeness (QED) is 0.553. The molecule has 25 heavy (non-hydrogen) atoms. The highest BCUT2D eigenvalue weighted by Gasteiger charge is 2.13. The number of nitrogens with zero attached hydrogens (tertiary/aromatic N) is 1. The van der Waals surface area contributed by atoms with Crippen LogP contribution in [0.2, 0.25) is 0 Å². The molecule has 0 aliphatic heterocycles. The minimum absolute atomic E-state index is 0.0220. The molecule has 4 amide bonds. The molecule has 0 unspecified atom stereocenters. The molecule has 0 fully saturated rings. The Morgan fingerprint density at radius 1 is 1.20 bits per heavy atom. The molecule has 3 N–H and O–H groups in total. The van der Waals surface area contributed by atoms with Crippen LogP contribution >= 0.6 is 15.9 Å². The third-order valence-corrected chi connectivity index (χ3v) is 3.63. The number of imide groups is 1. The second kappa shape index (κ2) is 10.8. The van der Waals surface area contributed by atoms with Gasteiger partial charge in [0.05, 0.1) is 19.7 Å². The minimum Gasteiger partial charge on any atom is -0.383 e. The van der Waals surface area contributed by atoms with E-state index in [-0.39, 0.29) is 19.0 Å². The minimum atomic E-state index is -0.592. The Morgan fingerprint density at radius 3 is 2.52 bits per heavy atom. The molecular formula is C16H23BrN4O4. The molecule has 1 rings (SSSR count). The highest BCUT2D eigenvalue weighted by atomic mass is 79.9. The van der Waals surface area contributed by atoms with E-state index in [1.54, 1.807) is 13.1 Å². The van der Waals surface area contributed by atoms with Gasteiger partial charge >= 0.3 is 6.03 Å². The summed E-state index contributed by atoms with van der Waals surface area (Å²) in [5.74, 6) is -0.740. The van der Waals surface area contributed by atoms with Gasteiger partial charge in [-0.05, 0) is 37.7 Å². The van der Waals surface area contributed by atoms with Gasteiger partial charge in [-0.25, -0.2) is 4.79 Å². The maximum atomic E-state index is 12.0. The van der Waals surface area contributed by atoms with Crippen molar-refractivity contribution in [3.8, 4) is 0 Å². The summed E-state index contributed by atoms with van der Waals surface area (Å²) >= 11 is 3.36. The first-order chi connectivity index (χ1) is 11.8. The average Bonchev–Trinajstić information content (AvgIpc) is 2.49. The number of hydrogen-bond donors (Lipinski definition) is 3. The largest absolute Gasteiger partial charge is 0.383 e. The Hall–Kier alpha value is -1.97. The zero-order valence-corrected chi connectivity index (χ0v) is 16.1. The number of methoxy groups -OCH3 is 1. The lowest BCUT2D eigenvalue weighted by Gasteiger charge is -2.16. The Labute approximate surface area is 155 Å². The summed E-state index contributed by atoms with van der Waals surface area (Å²) in [5, 5.41) is 7.45. The van der Waals surface area contributed by atoms with Crippen molar-refractivity contribution in [2.24, 2.45) is 0 Å². The van der Waals surface area contributed by atoms with Gasteiger partial charge in [-0.1, -0.05) is 15.9 Å². The van der Waals surface area contributed by atoms with Crippen molar-refractivity contribution in [2.75, 3.05) is 45.7 Å². The third kappa shape index (κ3) is 8.62. The van der Waals surface area contributed by atoms with Gasteiger partial charge in [-0.3, -0.25) is 19.8 Å². The number of rotatable bonds is 8. The van der Waals surface area contributed by atoms with Crippen molar-refractivity contribution >= 4 is 39.5 Å². The van der Waals surface area contributed by atoms with Crippen LogP contribution in [-0.2, 0) is 14.3 Å². The first-order valence-electron chi connectivity index (χ1n) is 7.63. The summed E-state index contributed by atoms with van der Waals surface area (Å²) in [6, 6.07) is 4.94. The number of carbonyl (C=O) groups excluding carboxylic acids is 3. The molecular weight excluding hydrogens is 392 g/mol. The average molecular weight is 415 g/mol. The van der Waals surface area contributed by atoms with Crippen LogP contribution in [0.15, 0.2) is 22.7 Å². The number of nitrogens with one attached hydrogen (secondary N) is 3. The zero-order valence-electron chi connectivity index (χ0n) is 14.5. The molecule has 0 aliphatic rings. The van der Waals surface area contributed by atoms with E-state index in [4.69, 9.17) is 4.74 Å². The number of halogens is 1. The van der Waals surface area contributed by atoms with Crippen molar-refractivity contribution < 1.29 is 19.1 Å². The first kappa shape index (κ1) is 21.1. The fourth-order valence-electron chi connectivity index (χ4n) is 1.98. The highest BCUT2D eigenvalue weighted by molar-refractivity contribution is 9.10. The summed E-state index contributed by atoms with van der Waals surface area (Å²) in [6.45, 7) is 2.50. The topological polar surface area (TPSA) is 99.8 Å². The molecule has 1 aromatic carbocycles. The molecule has 9 heteroatoms. The number of hydrogen-bond acceptors (Lipinski definition) is 5. The Morgan fingerprint density at radius 2 is 1.88 bits per heavy atom. The molecule has 0 saturated heterocycles. The number of anilines is 1. The molecule has 0 bridgehead atoms. The first-order valence-corrected chi connectivity index (χ1v) is 8.42. The van der Waals surface area contributed by atoms with E-state index in [9.17, 15) is 14.4 Å². The summed E-state index contributed by atoms with van der Waals surface area (Å²) in [7, 11) is 3.14. The van der Waals surface area contributed by atoms with E-state index >= 15 is 0 Å². The third-order valence-electron chi connectivity index (χ3n) is 3.13. The predicted molar refractivity (Wildman–Crippen MR) is 98.4 cm³/mol. The predicted octanol–water partition coefficient (Wildman–Crippen LogP) is 1.10. The van der Waals surface area contributed by atoms with Gasteiger partial charge in [0.25, 0.3) is 0 Å². The van der Waals surface area contributed by atoms with Gasteiger partial charge in [0.15, 0.2) is 0 Å². The van der Waals surface area contributed by atoms with Crippen LogP contribution in [0.25, 0.3) is 0 Å². The number of aryl methyl sites for hydroxylation is 1. The van der Waals surface area contributed by atoms with Gasteiger partial charge < -0.3 is 15.4 Å². The lowest BCUT2D eigenvalue weighted by Crippen LogP contribution is -2.45. The monoisotopic (exact) mass is 414 g/mol. The SMILES string of the molecule is COCCNC(=O)NC(=O)CN(C)CC(=O)Nc1ccc(Br)cc1C. The highest BCUT2D eigenvalue weighted by Crippen LogP contribution is 2.19. The Bertz CT molecular complexity index is 624. The van der Waals surface area contributed by atoms with E-state index in [1.165, 1.54) is 12.0 Å². The maximum absolute atomic E-state index is 12.0. The second-order valence-electron chi connectivity index (χ2n) is 5.48. The second-order valence-corrected chi connectivity index (χ2v) is 6.39. The number of benzene rings is 1. The van der Waals surface area contributed by atoms with E-state index < -0.39 is 11.9 Å². The van der Waals surface area contributed by atoms with E-state index in [2.05, 4.69) is 31.9 Å². The van der Waals surface area contributed by atoms with Crippen molar-refractivity contribution in [3.63, 3.8) is 0 Å². The van der Waals surface area contributed by atoms with Crippen LogP contribution in [0.5, 0.6) is 0 Å². The lowest BCUT2D eigenvalue weighted by atomic mass is 10.2. The van der Waals surface area contributed by atoms with Crippen LogP contribution in [0.4, 0.5) is 10.5 Å². The molecule has 0 aromatic heterocycles. The Balaban J connectivity index is 2.37. The fraction of sp³-hybridized carbons (Fsp3) is 0.438. The van der Waals surface area contributed by atoms with Gasteiger partial charge in [-0.15, -0.1) is 0 Å². The number of likely N-dealkylation sites (N-methyl/N-ethyl adjacent to an activating group) is 1. The van der Waals surface area contributed by atoms with Gasteiger partial charge in [0, 0.05) is 23.8 Å². The number of carbonyl (C=O) groups is 3. The lowest BCUT2D eigenvalue weighted by molar-refractivity contribution is -0.122. The van der Waals surface area contributed by atoms with E-state index in [1.807, 2.05) is 19.1 Å². The van der Waals surface area contributed by atoms with Crippen LogP contribution < -0.4 is 16.0 Å². The summed E-state index contributed by atoms with van der Waals surface area (Å²) in [4.78, 5) is 36.7. The van der Waals surface area contributed by atoms with Gasteiger partial charge in [-0.2, -0.15) is 0 Å². The zero-order chi connectivity index (χ0) is 18.8. The number of ether oxygens (including phenoxy) is 1. The van der Waals surface area contributed by atoms with E-state index in [0.717, 1.165) is 10.0 Å². The number of amides is 4. The van der Waals surface area contributed by atoms with Gasteiger partial charge in [0.2, 0.25) is 11.8 Å². The summed E-state index contributed by atoms with van der Waals surface area (Å²) in [6.07, 6.45) is 0. The van der Waals surface area contributed by atoms with Crippen LogP contribution in [0.1, 0.15) is 5.56 Å². The van der Waals surface area contributed by atoms with Crippen LogP contribution in [0, 0.1) is 6.92 Å². The molecule has 138 valence electrons. The molecule has 0 radical (unpaired) electrons. The molecule has 1 aromatic rings. The summed E-state index contributed by atoms with van der Waals surface area (Å²) < 4.78 is 5.72. The Kier molecular flexibility index (Phi) is 9.11. The normalized spacial score (nSPS) is 10.4. The molecule has 8 nitrogen and oxygen atoms in total. The fourth-order valence-corrected chi connectivity index (χ4v) is 2.46. The standard InChI is InChI=1S/C16H23BrN4O4/c1-11-8-12(17)4-5-13(11)19-14(22)9-21(2)10-15(23)20-16(24)18-6-7-25-3/h4-5,8H,6-7,9-10H2,1-3H3,(H,19,22)(H2,18,20,23,24). The molecule has 0 atom stereocenters. The van der Waals surface area contributed by atoms with Crippen molar-refractivity contribution in [1.82, 2.24) is 15.5 Å². The van der Waals surface area contributed by atoms with E-state index in [0.29, 0.717) is 18.8 Å². The van der Waals surface area contributed by atoms with Crippen molar-refractivity contribution in [3.05, 3.63) is 28.2 Å². The number of urea groups is 1. The van der Waals surface area contributed by atoms with Crippen LogP contribution in [-0.4, -0.2) is 63.1 Å². The van der Waals surface area contributed by atoms with Crippen molar-refractivity contribution in [2.45, 2.75) is 6.92 Å². The molecule has 0 aliphatic carbocycles. The molecule has 0 saturated carbocycles. The van der Waals surface area contributed by atoms with Gasteiger partial charge in [0.1, 0.15) is 0 Å². The smallest absolute Gasteiger partial charge is 0.321 e. The summed E-state index contributed by atoms with van der Waals surface area (Å²) in [5.41, 5.74) is 1.64.